The molecule has 1 aromatic carbocycles. The number of carbonyl (C=O) groups is 1. The summed E-state index contributed by atoms with van der Waals surface area (Å²) in [5.41, 5.74) is 0.858. The van der Waals surface area contributed by atoms with Crippen LogP contribution in [0.25, 0.3) is 0 Å². The number of carbonyl (C=O) groups excluding carboxylic acids is 1. The fourth-order valence-electron chi connectivity index (χ4n) is 2.60. The molecule has 0 bridgehead atoms. The summed E-state index contributed by atoms with van der Waals surface area (Å²) < 4.78 is 18.6. The minimum absolute atomic E-state index is 0.0618. The van der Waals surface area contributed by atoms with Crippen molar-refractivity contribution in [3.05, 3.63) is 82.2 Å². The lowest BCUT2D eigenvalue weighted by atomic mass is 10.1. The molecule has 0 radical (unpaired) electrons. The van der Waals surface area contributed by atoms with Crippen molar-refractivity contribution in [1.82, 2.24) is 5.32 Å². The molecule has 0 saturated carbocycles. The van der Waals surface area contributed by atoms with E-state index >= 15 is 0 Å². The summed E-state index contributed by atoms with van der Waals surface area (Å²) in [7, 11) is 0. The number of quaternary nitrogens is 1. The second-order valence-electron chi connectivity index (χ2n) is 5.81. The fraction of sp³-hybridized carbons (Fsp3) is 0.211. The molecule has 2 heterocycles. The zero-order chi connectivity index (χ0) is 17.6. The lowest BCUT2D eigenvalue weighted by molar-refractivity contribution is -0.684. The molecule has 4 nitrogen and oxygen atoms in total. The van der Waals surface area contributed by atoms with Gasteiger partial charge in [-0.05, 0) is 48.2 Å². The maximum atomic E-state index is 13.2. The summed E-state index contributed by atoms with van der Waals surface area (Å²) in [6.07, 6.45) is 1.63. The minimum Gasteiger partial charge on any atom is -0.463 e. The van der Waals surface area contributed by atoms with Gasteiger partial charge in [0.1, 0.15) is 11.9 Å². The molecule has 0 saturated heterocycles. The van der Waals surface area contributed by atoms with Gasteiger partial charge < -0.3 is 15.1 Å². The number of benzene rings is 1. The molecule has 0 aliphatic carbocycles. The number of thiophene rings is 1. The number of rotatable bonds is 7. The molecule has 2 aromatic heterocycles. The number of amides is 1. The van der Waals surface area contributed by atoms with Gasteiger partial charge in [0.15, 0.2) is 12.3 Å². The molecule has 0 aliphatic heterocycles. The van der Waals surface area contributed by atoms with Gasteiger partial charge >= 0.3 is 0 Å². The zero-order valence-corrected chi connectivity index (χ0v) is 14.6. The van der Waals surface area contributed by atoms with Crippen LogP contribution in [0.3, 0.4) is 0 Å². The maximum absolute atomic E-state index is 13.2. The third-order valence-electron chi connectivity index (χ3n) is 3.99. The molecule has 6 heteroatoms. The van der Waals surface area contributed by atoms with Gasteiger partial charge in [0.05, 0.1) is 12.3 Å². The third-order valence-corrected chi connectivity index (χ3v) is 4.92. The zero-order valence-electron chi connectivity index (χ0n) is 13.8. The molecule has 3 N–H and O–H groups in total. The highest BCUT2D eigenvalue weighted by Crippen LogP contribution is 2.26. The van der Waals surface area contributed by atoms with Gasteiger partial charge in [-0.15, -0.1) is 11.3 Å². The lowest BCUT2D eigenvalue weighted by Crippen LogP contribution is -2.87. The van der Waals surface area contributed by atoms with Gasteiger partial charge in [-0.3, -0.25) is 4.79 Å². The van der Waals surface area contributed by atoms with Crippen LogP contribution in [-0.4, -0.2) is 12.5 Å². The van der Waals surface area contributed by atoms with Gasteiger partial charge in [-0.2, -0.15) is 0 Å². The van der Waals surface area contributed by atoms with Gasteiger partial charge in [0.2, 0.25) is 0 Å². The molecule has 1 amide bonds. The highest BCUT2D eigenvalue weighted by molar-refractivity contribution is 7.10. The van der Waals surface area contributed by atoms with E-state index in [4.69, 9.17) is 4.42 Å². The number of hydrogen-bond donors (Lipinski definition) is 2. The summed E-state index contributed by atoms with van der Waals surface area (Å²) >= 11 is 1.56. The Morgan fingerprint density at radius 1 is 1.24 bits per heavy atom. The Kier molecular flexibility index (Phi) is 5.63. The largest absolute Gasteiger partial charge is 0.463 e. The Labute approximate surface area is 149 Å². The molecule has 25 heavy (non-hydrogen) atoms. The highest BCUT2D eigenvalue weighted by Gasteiger charge is 2.20. The van der Waals surface area contributed by atoms with Crippen molar-refractivity contribution in [3.63, 3.8) is 0 Å². The molecular formula is C19H20FN2O2S+. The van der Waals surface area contributed by atoms with Crippen LogP contribution in [0.15, 0.2) is 64.6 Å². The Morgan fingerprint density at radius 2 is 2.04 bits per heavy atom. The van der Waals surface area contributed by atoms with Crippen molar-refractivity contribution in [2.75, 3.05) is 6.54 Å². The molecule has 3 rings (SSSR count). The molecule has 0 spiro atoms. The van der Waals surface area contributed by atoms with Crippen molar-refractivity contribution < 1.29 is 18.9 Å². The number of furan rings is 1. The first-order chi connectivity index (χ1) is 12.1. The summed E-state index contributed by atoms with van der Waals surface area (Å²) in [5, 5.41) is 6.93. The van der Waals surface area contributed by atoms with E-state index in [9.17, 15) is 9.18 Å². The van der Waals surface area contributed by atoms with Gasteiger partial charge in [-0.1, -0.05) is 18.2 Å². The van der Waals surface area contributed by atoms with Crippen LogP contribution in [0, 0.1) is 5.82 Å². The van der Waals surface area contributed by atoms with E-state index in [1.165, 1.54) is 12.1 Å². The average molecular weight is 359 g/mol. The molecule has 130 valence electrons. The first-order valence-electron chi connectivity index (χ1n) is 8.08. The van der Waals surface area contributed by atoms with E-state index in [-0.39, 0.29) is 30.4 Å². The average Bonchev–Trinajstić information content (AvgIpc) is 3.31. The van der Waals surface area contributed by atoms with Gasteiger partial charge in [-0.25, -0.2) is 4.39 Å². The van der Waals surface area contributed by atoms with Crippen LogP contribution < -0.4 is 10.6 Å². The molecule has 0 fully saturated rings. The normalized spacial score (nSPS) is 13.4. The molecule has 3 aromatic rings. The minimum atomic E-state index is -0.291. The number of nitrogens with two attached hydrogens (primary N) is 1. The van der Waals surface area contributed by atoms with E-state index in [0.717, 1.165) is 16.2 Å². The van der Waals surface area contributed by atoms with Crippen molar-refractivity contribution in [1.29, 1.82) is 0 Å². The van der Waals surface area contributed by atoms with Crippen LogP contribution in [0.2, 0.25) is 0 Å². The lowest BCUT2D eigenvalue weighted by Gasteiger charge is -2.18. The quantitative estimate of drug-likeness (QED) is 0.681. The van der Waals surface area contributed by atoms with Crippen molar-refractivity contribution >= 4 is 17.2 Å². The highest BCUT2D eigenvalue weighted by atomic mass is 32.1. The Balaban J connectivity index is 1.66. The first kappa shape index (κ1) is 17.4. The molecule has 0 aliphatic rings. The smallest absolute Gasteiger partial charge is 0.275 e. The fourth-order valence-corrected chi connectivity index (χ4v) is 3.40. The summed E-state index contributed by atoms with van der Waals surface area (Å²) in [5.74, 6) is 0.461. The SMILES string of the molecule is C[C@H]([NH2+]CC(=O)N[C@@H](c1ccc(F)cc1)c1cccs1)c1ccco1. The van der Waals surface area contributed by atoms with Crippen LogP contribution in [0.4, 0.5) is 4.39 Å². The molecular weight excluding hydrogens is 339 g/mol. The molecule has 0 unspecified atom stereocenters. The predicted molar refractivity (Wildman–Crippen MR) is 94.6 cm³/mol. The Bertz CT molecular complexity index is 785. The third kappa shape index (κ3) is 4.55. The van der Waals surface area contributed by atoms with Crippen molar-refractivity contribution in [2.24, 2.45) is 0 Å². The van der Waals surface area contributed by atoms with Crippen LogP contribution in [0.5, 0.6) is 0 Å². The van der Waals surface area contributed by atoms with E-state index < -0.39 is 0 Å². The van der Waals surface area contributed by atoms with E-state index in [1.54, 1.807) is 29.7 Å². The van der Waals surface area contributed by atoms with Gasteiger partial charge in [0, 0.05) is 4.88 Å². The first-order valence-corrected chi connectivity index (χ1v) is 8.96. The maximum Gasteiger partial charge on any atom is 0.275 e. The van der Waals surface area contributed by atoms with Crippen molar-refractivity contribution in [2.45, 2.75) is 19.0 Å². The second kappa shape index (κ2) is 8.09. The number of halogens is 1. The standard InChI is InChI=1S/C19H19FN2O2S/c1-13(16-4-2-10-24-16)21-12-18(23)22-19(17-5-3-11-25-17)14-6-8-15(20)9-7-14/h2-11,13,19,21H,12H2,1H3,(H,22,23)/p+1/t13-,19-/m0/s1. The Morgan fingerprint density at radius 3 is 2.68 bits per heavy atom. The molecule has 2 atom stereocenters. The number of hydrogen-bond acceptors (Lipinski definition) is 3. The van der Waals surface area contributed by atoms with Crippen molar-refractivity contribution in [3.8, 4) is 0 Å². The number of nitrogens with one attached hydrogen (secondary N) is 1. The van der Waals surface area contributed by atoms with Crippen LogP contribution in [0.1, 0.15) is 35.2 Å². The topological polar surface area (TPSA) is 58.9 Å². The van der Waals surface area contributed by atoms with E-state index in [2.05, 4.69) is 5.32 Å². The summed E-state index contributed by atoms with van der Waals surface area (Å²) in [6, 6.07) is 13.6. The van der Waals surface area contributed by atoms with E-state index in [0.29, 0.717) is 0 Å². The summed E-state index contributed by atoms with van der Waals surface area (Å²) in [6.45, 7) is 2.27. The second-order valence-corrected chi connectivity index (χ2v) is 6.79. The summed E-state index contributed by atoms with van der Waals surface area (Å²) in [4.78, 5) is 13.4. The van der Waals surface area contributed by atoms with Gasteiger partial charge in [0.25, 0.3) is 5.91 Å². The Hall–Kier alpha value is -2.44. The van der Waals surface area contributed by atoms with E-state index in [1.807, 2.05) is 41.9 Å². The van der Waals surface area contributed by atoms with Crippen LogP contribution in [-0.2, 0) is 4.79 Å². The van der Waals surface area contributed by atoms with Crippen LogP contribution >= 0.6 is 11.3 Å². The monoisotopic (exact) mass is 359 g/mol. The predicted octanol–water partition coefficient (Wildman–Crippen LogP) is 3.01.